The van der Waals surface area contributed by atoms with Gasteiger partial charge < -0.3 is 9.79 Å². The van der Waals surface area contributed by atoms with Crippen LogP contribution in [0.3, 0.4) is 0 Å². The monoisotopic (exact) mass is 270 g/mol. The highest BCUT2D eigenvalue weighted by molar-refractivity contribution is 7.45. The van der Waals surface area contributed by atoms with Crippen molar-refractivity contribution >= 4 is 31.3 Å². The molecule has 0 aromatic carbocycles. The van der Waals surface area contributed by atoms with Crippen LogP contribution >= 0.6 is 16.1 Å². The van der Waals surface area contributed by atoms with Gasteiger partial charge in [0, 0.05) is 0 Å². The van der Waals surface area contributed by atoms with Crippen molar-refractivity contribution in [3.8, 4) is 0 Å². The molecule has 4 atom stereocenters. The van der Waals surface area contributed by atoms with Crippen LogP contribution in [0.5, 0.6) is 0 Å². The van der Waals surface area contributed by atoms with Gasteiger partial charge in [0.2, 0.25) is 0 Å². The molecule has 2 N–H and O–H groups in total. The summed E-state index contributed by atoms with van der Waals surface area (Å²) in [5.41, 5.74) is 0. The lowest BCUT2D eigenvalue weighted by Gasteiger charge is -2.23. The van der Waals surface area contributed by atoms with E-state index in [0.29, 0.717) is 0 Å². The van der Waals surface area contributed by atoms with E-state index in [4.69, 9.17) is 0 Å². The Balaban J connectivity index is 4.62. The van der Waals surface area contributed by atoms with Gasteiger partial charge in [0.1, 0.15) is 0 Å². The molecular formula is C8H21AlO4P2. The Labute approximate surface area is 98.9 Å². The second kappa shape index (κ2) is 7.28. The fraction of sp³-hybridized carbons (Fsp3) is 1.00. The van der Waals surface area contributed by atoms with E-state index in [2.05, 4.69) is 0 Å². The van der Waals surface area contributed by atoms with Gasteiger partial charge in [0.05, 0.1) is 0 Å². The van der Waals surface area contributed by atoms with Gasteiger partial charge in [-0.25, -0.2) is 0 Å². The SMILES string of the molecule is CC(C)[CH]([AlH][CH](C(C)C)[PH](=O)O)[PH](=O)O. The van der Waals surface area contributed by atoms with E-state index in [1.807, 2.05) is 27.7 Å². The number of hydrogen-bond acceptors (Lipinski definition) is 2. The third kappa shape index (κ3) is 5.69. The summed E-state index contributed by atoms with van der Waals surface area (Å²) in [7, 11) is -5.11. The first-order valence-electron chi connectivity index (χ1n) is 5.23. The van der Waals surface area contributed by atoms with Crippen molar-refractivity contribution in [2.45, 2.75) is 36.7 Å². The topological polar surface area (TPSA) is 74.6 Å². The van der Waals surface area contributed by atoms with Crippen molar-refractivity contribution in [2.75, 3.05) is 0 Å². The van der Waals surface area contributed by atoms with Crippen molar-refractivity contribution in [3.63, 3.8) is 0 Å². The summed E-state index contributed by atoms with van der Waals surface area (Å²) in [5, 5.41) is 0. The Kier molecular flexibility index (Phi) is 7.72. The molecule has 0 aliphatic rings. The summed E-state index contributed by atoms with van der Waals surface area (Å²) < 4.78 is 21.9. The first-order chi connectivity index (χ1) is 6.77. The van der Waals surface area contributed by atoms with Crippen molar-refractivity contribution in [1.82, 2.24) is 0 Å². The summed E-state index contributed by atoms with van der Waals surface area (Å²) in [6.45, 7) is 7.62. The van der Waals surface area contributed by atoms with E-state index in [9.17, 15) is 18.9 Å². The van der Waals surface area contributed by atoms with E-state index < -0.39 is 31.3 Å². The normalized spacial score (nSPS) is 20.0. The second-order valence-electron chi connectivity index (χ2n) is 4.61. The zero-order valence-corrected chi connectivity index (χ0v) is 13.1. The molecule has 4 nitrogen and oxygen atoms in total. The number of hydrogen-bond donors (Lipinski definition) is 2. The fourth-order valence-corrected chi connectivity index (χ4v) is 8.21. The molecule has 90 valence electrons. The first kappa shape index (κ1) is 15.9. The largest absolute Gasteiger partial charge is 0.347 e. The Morgan fingerprint density at radius 3 is 1.27 bits per heavy atom. The molecule has 0 rings (SSSR count). The molecule has 0 aromatic heterocycles. The molecule has 0 aromatic rings. The van der Waals surface area contributed by atoms with Crippen molar-refractivity contribution in [2.24, 2.45) is 11.8 Å². The standard InChI is InChI=1S/2C4H10O2P.Al.H/c2*1-4(2)3-7(5)6;;/h2*3-4,7H,1-2H3,(H,5,6);;. The minimum Gasteiger partial charge on any atom is -0.347 e. The quantitative estimate of drug-likeness (QED) is 0.564. The third-order valence-corrected chi connectivity index (χ3v) is 11.8. The minimum absolute atomic E-state index is 0.135. The Morgan fingerprint density at radius 1 is 0.867 bits per heavy atom. The average Bonchev–Trinajstić information content (AvgIpc) is 2.01. The molecule has 0 fully saturated rings. The molecule has 0 radical (unpaired) electrons. The molecule has 7 heteroatoms. The summed E-state index contributed by atoms with van der Waals surface area (Å²) in [6, 6.07) is 0. The van der Waals surface area contributed by atoms with Crippen LogP contribution in [0, 0.1) is 11.8 Å². The molecule has 0 aliphatic heterocycles. The van der Waals surface area contributed by atoms with E-state index in [0.717, 1.165) is 0 Å². The highest BCUT2D eigenvalue weighted by Gasteiger charge is 2.30. The molecule has 0 saturated heterocycles. The van der Waals surface area contributed by atoms with Gasteiger partial charge in [-0.3, -0.25) is 9.13 Å². The fourth-order valence-electron chi connectivity index (χ4n) is 1.59. The molecule has 0 amide bonds. The van der Waals surface area contributed by atoms with Gasteiger partial charge in [0.15, 0.2) is 16.1 Å². The van der Waals surface area contributed by atoms with Crippen LogP contribution in [0.25, 0.3) is 0 Å². The van der Waals surface area contributed by atoms with E-state index in [-0.39, 0.29) is 20.9 Å². The van der Waals surface area contributed by atoms with Crippen LogP contribution in [-0.2, 0) is 9.13 Å². The molecular weight excluding hydrogens is 249 g/mol. The van der Waals surface area contributed by atoms with Crippen LogP contribution < -0.4 is 0 Å². The van der Waals surface area contributed by atoms with Gasteiger partial charge in [-0.05, 0) is 20.9 Å². The third-order valence-electron chi connectivity index (χ3n) is 2.75. The Morgan fingerprint density at radius 2 is 1.13 bits per heavy atom. The molecule has 15 heavy (non-hydrogen) atoms. The van der Waals surface area contributed by atoms with Gasteiger partial charge in [0.25, 0.3) is 15.2 Å². The average molecular weight is 270 g/mol. The van der Waals surface area contributed by atoms with Crippen LogP contribution in [0.15, 0.2) is 0 Å². The zero-order valence-electron chi connectivity index (χ0n) is 9.73. The van der Waals surface area contributed by atoms with Crippen molar-refractivity contribution in [3.05, 3.63) is 0 Å². The van der Waals surface area contributed by atoms with Crippen LogP contribution in [0.1, 0.15) is 27.7 Å². The van der Waals surface area contributed by atoms with Gasteiger partial charge in [-0.1, -0.05) is 27.7 Å². The molecule has 0 aliphatic carbocycles. The van der Waals surface area contributed by atoms with E-state index in [1.54, 1.807) is 0 Å². The summed E-state index contributed by atoms with van der Waals surface area (Å²) in [5.74, 6) is 0.270. The molecule has 4 unspecified atom stereocenters. The van der Waals surface area contributed by atoms with Gasteiger partial charge >= 0.3 is 0 Å². The highest BCUT2D eigenvalue weighted by atomic mass is 31.1. The van der Waals surface area contributed by atoms with E-state index in [1.165, 1.54) is 0 Å². The maximum atomic E-state index is 11.2. The molecule has 0 bridgehead atoms. The molecule has 0 heterocycles. The lowest BCUT2D eigenvalue weighted by molar-refractivity contribution is 0.479. The first-order valence-corrected chi connectivity index (χ1v) is 9.72. The predicted molar refractivity (Wildman–Crippen MR) is 66.8 cm³/mol. The number of rotatable bonds is 6. The van der Waals surface area contributed by atoms with Crippen molar-refractivity contribution in [1.29, 1.82) is 0 Å². The molecule has 0 saturated carbocycles. The zero-order chi connectivity index (χ0) is 12.2. The lowest BCUT2D eigenvalue weighted by Crippen LogP contribution is -2.31. The second-order valence-corrected chi connectivity index (χ2v) is 11.3. The summed E-state index contributed by atoms with van der Waals surface area (Å²) >= 11 is -0.985. The van der Waals surface area contributed by atoms with Gasteiger partial charge in [-0.15, -0.1) is 0 Å². The predicted octanol–water partition coefficient (Wildman–Crippen LogP) is 1.32. The van der Waals surface area contributed by atoms with Crippen LogP contribution in [0.2, 0.25) is 0 Å². The summed E-state index contributed by atoms with van der Waals surface area (Å²) in [6.07, 6.45) is 0. The minimum atomic E-state index is -2.56. The maximum absolute atomic E-state index is 11.2. The van der Waals surface area contributed by atoms with Crippen molar-refractivity contribution < 1.29 is 18.9 Å². The van der Waals surface area contributed by atoms with Crippen LogP contribution in [-0.4, -0.2) is 34.0 Å². The van der Waals surface area contributed by atoms with Crippen LogP contribution in [0.4, 0.5) is 0 Å². The highest BCUT2D eigenvalue weighted by Crippen LogP contribution is 2.35. The Hall–Kier alpha value is 0.912. The maximum Gasteiger partial charge on any atom is 0.274 e. The van der Waals surface area contributed by atoms with E-state index >= 15 is 0 Å². The lowest BCUT2D eigenvalue weighted by atomic mass is 10.2. The van der Waals surface area contributed by atoms with Gasteiger partial charge in [-0.2, -0.15) is 0 Å². The molecule has 0 spiro atoms. The smallest absolute Gasteiger partial charge is 0.274 e. The summed E-state index contributed by atoms with van der Waals surface area (Å²) in [4.78, 5) is 18.4. The Bertz CT molecular complexity index is 221.